The largest absolute Gasteiger partial charge is 0.449 e. The molecule has 0 saturated heterocycles. The molecule has 0 fully saturated rings. The second-order valence-corrected chi connectivity index (χ2v) is 3.46. The highest BCUT2D eigenvalue weighted by molar-refractivity contribution is 5.50. The summed E-state index contributed by atoms with van der Waals surface area (Å²) in [7, 11) is 0. The molecule has 0 amide bonds. The van der Waals surface area contributed by atoms with Gasteiger partial charge in [0.1, 0.15) is 11.8 Å². The quantitative estimate of drug-likeness (QED) is 0.812. The summed E-state index contributed by atoms with van der Waals surface area (Å²) in [5.74, 6) is 3.61. The van der Waals surface area contributed by atoms with Crippen molar-refractivity contribution < 1.29 is 4.42 Å². The van der Waals surface area contributed by atoms with E-state index in [0.29, 0.717) is 18.1 Å². The summed E-state index contributed by atoms with van der Waals surface area (Å²) in [5.41, 5.74) is 1.75. The Kier molecular flexibility index (Phi) is 3.14. The van der Waals surface area contributed by atoms with E-state index in [1.165, 1.54) is 0 Å². The van der Waals surface area contributed by atoms with E-state index >= 15 is 0 Å². The number of hydrogen-bond donors (Lipinski definition) is 1. The van der Waals surface area contributed by atoms with Crippen LogP contribution in [0.3, 0.4) is 0 Å². The van der Waals surface area contributed by atoms with Crippen LogP contribution in [0.1, 0.15) is 17.1 Å². The van der Waals surface area contributed by atoms with Crippen molar-refractivity contribution in [2.45, 2.75) is 6.54 Å². The molecule has 0 aliphatic heterocycles. The second-order valence-electron chi connectivity index (χ2n) is 3.46. The third kappa shape index (κ3) is 2.68. The molecule has 0 atom stereocenters. The van der Waals surface area contributed by atoms with E-state index < -0.39 is 0 Å². The number of nitriles is 1. The van der Waals surface area contributed by atoms with Crippen molar-refractivity contribution in [1.82, 2.24) is 0 Å². The van der Waals surface area contributed by atoms with Crippen LogP contribution in [0.2, 0.25) is 0 Å². The number of anilines is 1. The van der Waals surface area contributed by atoms with Gasteiger partial charge in [0.25, 0.3) is 0 Å². The summed E-state index contributed by atoms with van der Waals surface area (Å²) in [6.45, 7) is 0.524. The van der Waals surface area contributed by atoms with Crippen molar-refractivity contribution >= 4 is 5.69 Å². The van der Waals surface area contributed by atoms with E-state index in [2.05, 4.69) is 11.2 Å². The molecule has 82 valence electrons. The smallest absolute Gasteiger partial charge is 0.203 e. The van der Waals surface area contributed by atoms with Crippen molar-refractivity contribution in [3.8, 4) is 18.4 Å². The number of benzene rings is 1. The maximum absolute atomic E-state index is 8.62. The predicted molar refractivity (Wildman–Crippen MR) is 65.1 cm³/mol. The summed E-state index contributed by atoms with van der Waals surface area (Å²) < 4.78 is 5.25. The minimum absolute atomic E-state index is 0.319. The molecule has 3 nitrogen and oxygen atoms in total. The van der Waals surface area contributed by atoms with Crippen LogP contribution in [0.5, 0.6) is 0 Å². The van der Waals surface area contributed by atoms with Crippen LogP contribution in [0.25, 0.3) is 0 Å². The van der Waals surface area contributed by atoms with Crippen LogP contribution >= 0.6 is 0 Å². The Morgan fingerprint density at radius 3 is 2.88 bits per heavy atom. The third-order valence-corrected chi connectivity index (χ3v) is 2.27. The fourth-order valence-electron chi connectivity index (χ4n) is 1.44. The molecule has 0 aliphatic rings. The van der Waals surface area contributed by atoms with Crippen molar-refractivity contribution in [3.63, 3.8) is 0 Å². The van der Waals surface area contributed by atoms with E-state index in [4.69, 9.17) is 16.1 Å². The number of hydrogen-bond acceptors (Lipinski definition) is 3. The maximum Gasteiger partial charge on any atom is 0.203 e. The third-order valence-electron chi connectivity index (χ3n) is 2.27. The summed E-state index contributed by atoms with van der Waals surface area (Å²) >= 11 is 0. The average Bonchev–Trinajstić information content (AvgIpc) is 2.84. The summed E-state index contributed by atoms with van der Waals surface area (Å²) in [5, 5.41) is 11.8. The lowest BCUT2D eigenvalue weighted by atomic mass is 10.2. The number of furan rings is 1. The number of nitrogens with one attached hydrogen (secondary N) is 1. The molecule has 17 heavy (non-hydrogen) atoms. The van der Waals surface area contributed by atoms with Crippen molar-refractivity contribution in [2.24, 2.45) is 0 Å². The molecule has 1 aromatic heterocycles. The van der Waals surface area contributed by atoms with E-state index in [9.17, 15) is 0 Å². The van der Waals surface area contributed by atoms with E-state index in [-0.39, 0.29) is 0 Å². The summed E-state index contributed by atoms with van der Waals surface area (Å²) in [6.07, 6.45) is 5.31. The SMILES string of the molecule is C#Cc1cccc(NCc2ccc(C#N)o2)c1. The molecule has 0 radical (unpaired) electrons. The zero-order chi connectivity index (χ0) is 12.1. The van der Waals surface area contributed by atoms with Crippen molar-refractivity contribution in [2.75, 3.05) is 5.32 Å². The Labute approximate surface area is 99.7 Å². The molecule has 0 bridgehead atoms. The number of terminal acetylenes is 1. The van der Waals surface area contributed by atoms with Gasteiger partial charge in [-0.3, -0.25) is 0 Å². The van der Waals surface area contributed by atoms with Gasteiger partial charge < -0.3 is 9.73 Å². The van der Waals surface area contributed by atoms with Gasteiger partial charge in [-0.1, -0.05) is 12.0 Å². The Hall–Kier alpha value is -2.65. The number of rotatable bonds is 3. The summed E-state index contributed by atoms with van der Waals surface area (Å²) in [4.78, 5) is 0. The summed E-state index contributed by atoms with van der Waals surface area (Å²) in [6, 6.07) is 12.9. The fourth-order valence-corrected chi connectivity index (χ4v) is 1.44. The minimum atomic E-state index is 0.319. The van der Waals surface area contributed by atoms with Gasteiger partial charge in [-0.25, -0.2) is 0 Å². The van der Waals surface area contributed by atoms with Gasteiger partial charge >= 0.3 is 0 Å². The minimum Gasteiger partial charge on any atom is -0.449 e. The lowest BCUT2D eigenvalue weighted by molar-refractivity contribution is 0.506. The molecule has 1 N–H and O–H groups in total. The first kappa shape index (κ1) is 10.9. The van der Waals surface area contributed by atoms with Crippen LogP contribution in [0.4, 0.5) is 5.69 Å². The van der Waals surface area contributed by atoms with Gasteiger partial charge in [-0.2, -0.15) is 5.26 Å². The molecule has 0 spiro atoms. The van der Waals surface area contributed by atoms with Crippen LogP contribution in [0.15, 0.2) is 40.8 Å². The first-order valence-corrected chi connectivity index (χ1v) is 5.11. The first-order chi connectivity index (χ1) is 8.31. The second kappa shape index (κ2) is 4.92. The van der Waals surface area contributed by atoms with Crippen molar-refractivity contribution in [1.29, 1.82) is 5.26 Å². The molecule has 0 unspecified atom stereocenters. The lowest BCUT2D eigenvalue weighted by Crippen LogP contribution is -1.98. The van der Waals surface area contributed by atoms with Crippen LogP contribution < -0.4 is 5.32 Å². The molecule has 3 heteroatoms. The fraction of sp³-hybridized carbons (Fsp3) is 0.0714. The highest BCUT2D eigenvalue weighted by atomic mass is 16.3. The highest BCUT2D eigenvalue weighted by Gasteiger charge is 2.00. The highest BCUT2D eigenvalue weighted by Crippen LogP contribution is 2.13. The lowest BCUT2D eigenvalue weighted by Gasteiger charge is -2.04. The topological polar surface area (TPSA) is 49.0 Å². The molecular weight excluding hydrogens is 212 g/mol. The Morgan fingerprint density at radius 2 is 2.18 bits per heavy atom. The Balaban J connectivity index is 2.03. The Bertz CT molecular complexity index is 599. The van der Waals surface area contributed by atoms with Gasteiger partial charge in [0, 0.05) is 11.3 Å². The predicted octanol–water partition coefficient (Wildman–Crippen LogP) is 2.74. The molecule has 2 rings (SSSR count). The van der Waals surface area contributed by atoms with Crippen LogP contribution in [0, 0.1) is 23.7 Å². The molecule has 0 saturated carbocycles. The van der Waals surface area contributed by atoms with E-state index in [0.717, 1.165) is 11.3 Å². The standard InChI is InChI=1S/C14H10N2O/c1-2-11-4-3-5-12(8-11)16-10-14-7-6-13(9-15)17-14/h1,3-8,16H,10H2. The monoisotopic (exact) mass is 222 g/mol. The normalized spacial score (nSPS) is 9.29. The van der Waals surface area contributed by atoms with Gasteiger partial charge in [0.2, 0.25) is 5.76 Å². The molecule has 1 heterocycles. The van der Waals surface area contributed by atoms with Gasteiger partial charge in [0.05, 0.1) is 6.54 Å². The van der Waals surface area contributed by atoms with Gasteiger partial charge in [0.15, 0.2) is 0 Å². The molecular formula is C14H10N2O. The van der Waals surface area contributed by atoms with Crippen LogP contribution in [-0.2, 0) is 6.54 Å². The molecule has 0 aliphatic carbocycles. The van der Waals surface area contributed by atoms with E-state index in [1.54, 1.807) is 12.1 Å². The number of nitrogens with zero attached hydrogens (tertiary/aromatic N) is 1. The van der Waals surface area contributed by atoms with E-state index in [1.807, 2.05) is 30.3 Å². The molecule has 1 aromatic carbocycles. The molecule has 2 aromatic rings. The first-order valence-electron chi connectivity index (χ1n) is 5.11. The zero-order valence-electron chi connectivity index (χ0n) is 9.10. The van der Waals surface area contributed by atoms with Crippen LogP contribution in [-0.4, -0.2) is 0 Å². The Morgan fingerprint density at radius 1 is 1.29 bits per heavy atom. The van der Waals surface area contributed by atoms with Gasteiger partial charge in [-0.15, -0.1) is 6.42 Å². The van der Waals surface area contributed by atoms with Gasteiger partial charge in [-0.05, 0) is 30.3 Å². The average molecular weight is 222 g/mol. The van der Waals surface area contributed by atoms with Crippen molar-refractivity contribution in [3.05, 3.63) is 53.5 Å². The zero-order valence-corrected chi connectivity index (χ0v) is 9.10. The maximum atomic E-state index is 8.62.